The highest BCUT2D eigenvalue weighted by atomic mass is 35.5. The summed E-state index contributed by atoms with van der Waals surface area (Å²) >= 11 is 6.57. The molecular weight excluding hydrogens is 416 g/mol. The van der Waals surface area contributed by atoms with Gasteiger partial charge in [0.25, 0.3) is 0 Å². The van der Waals surface area contributed by atoms with Crippen LogP contribution >= 0.6 is 11.6 Å². The summed E-state index contributed by atoms with van der Waals surface area (Å²) in [6.07, 6.45) is 1.63. The van der Waals surface area contributed by atoms with Crippen LogP contribution in [0.1, 0.15) is 17.3 Å². The lowest BCUT2D eigenvalue weighted by molar-refractivity contribution is 0.0168. The molecule has 1 N–H and O–H groups in total. The van der Waals surface area contributed by atoms with Crippen molar-refractivity contribution in [3.05, 3.63) is 52.9 Å². The molecule has 0 saturated carbocycles. The molecule has 0 spiro atoms. The van der Waals surface area contributed by atoms with Crippen LogP contribution < -0.4 is 5.32 Å². The Labute approximate surface area is 188 Å². The maximum atomic E-state index is 6.57. The van der Waals surface area contributed by atoms with E-state index in [0.29, 0.717) is 0 Å². The van der Waals surface area contributed by atoms with Gasteiger partial charge in [-0.1, -0.05) is 35.0 Å². The topological polar surface area (TPSA) is 69.4 Å². The average Bonchev–Trinajstić information content (AvgIpc) is 3.32. The molecule has 1 unspecified atom stereocenters. The molecule has 1 aromatic heterocycles. The zero-order valence-corrected chi connectivity index (χ0v) is 18.8. The number of morpholine rings is 1. The third kappa shape index (κ3) is 5.77. The second kappa shape index (κ2) is 10.9. The Hall–Kier alpha value is -2.13. The smallest absolute Gasteiger partial charge is 0.193 e. The first kappa shape index (κ1) is 22.1. The highest BCUT2D eigenvalue weighted by Crippen LogP contribution is 2.27. The number of hydrogen-bond donors (Lipinski definition) is 1. The lowest BCUT2D eigenvalue weighted by Gasteiger charge is -2.38. The van der Waals surface area contributed by atoms with Gasteiger partial charge < -0.3 is 19.5 Å². The molecule has 0 bridgehead atoms. The first-order chi connectivity index (χ1) is 15.2. The minimum Gasteiger partial charge on any atom is -0.379 e. The fourth-order valence-electron chi connectivity index (χ4n) is 4.26. The van der Waals surface area contributed by atoms with Crippen molar-refractivity contribution < 1.29 is 9.26 Å². The van der Waals surface area contributed by atoms with Gasteiger partial charge >= 0.3 is 0 Å². The second-order valence-corrected chi connectivity index (χ2v) is 8.27. The number of nitrogens with one attached hydrogen (secondary N) is 1. The van der Waals surface area contributed by atoms with Crippen molar-refractivity contribution >= 4 is 17.6 Å². The summed E-state index contributed by atoms with van der Waals surface area (Å²) in [4.78, 5) is 11.7. The van der Waals surface area contributed by atoms with E-state index in [1.54, 1.807) is 6.26 Å². The van der Waals surface area contributed by atoms with Crippen molar-refractivity contribution in [3.63, 3.8) is 0 Å². The van der Waals surface area contributed by atoms with Gasteiger partial charge in [0.05, 0.1) is 24.9 Å². The van der Waals surface area contributed by atoms with Gasteiger partial charge in [-0.25, -0.2) is 0 Å². The van der Waals surface area contributed by atoms with Crippen molar-refractivity contribution in [2.75, 3.05) is 66.1 Å². The van der Waals surface area contributed by atoms with Crippen LogP contribution in [0, 0.1) is 0 Å². The third-order valence-corrected chi connectivity index (χ3v) is 6.31. The van der Waals surface area contributed by atoms with Gasteiger partial charge in [-0.05, 0) is 11.6 Å². The third-order valence-electron chi connectivity index (χ3n) is 5.96. The zero-order valence-electron chi connectivity index (χ0n) is 18.0. The number of aliphatic imine (C=N–C) groups is 1. The number of aromatic nitrogens is 1. The van der Waals surface area contributed by atoms with Crippen molar-refractivity contribution in [2.45, 2.75) is 12.6 Å². The fourth-order valence-corrected chi connectivity index (χ4v) is 4.52. The van der Waals surface area contributed by atoms with Crippen molar-refractivity contribution in [1.29, 1.82) is 0 Å². The number of hydrogen-bond acceptors (Lipinski definition) is 6. The Kier molecular flexibility index (Phi) is 7.80. The Balaban J connectivity index is 1.36. The SMILES string of the molecule is CN=C(NCC(c1ccccc1Cl)N1CCOCC1)N1CCN(Cc2ccon2)CC1. The molecule has 4 rings (SSSR count). The number of guanidine groups is 1. The summed E-state index contributed by atoms with van der Waals surface area (Å²) in [6.45, 7) is 8.64. The van der Waals surface area contributed by atoms with E-state index in [1.807, 2.05) is 25.2 Å². The second-order valence-electron chi connectivity index (χ2n) is 7.87. The van der Waals surface area contributed by atoms with Crippen LogP contribution in [0.3, 0.4) is 0 Å². The van der Waals surface area contributed by atoms with Gasteiger partial charge in [-0.2, -0.15) is 0 Å². The molecule has 9 heteroatoms. The predicted octanol–water partition coefficient (Wildman–Crippen LogP) is 2.09. The maximum absolute atomic E-state index is 6.57. The number of ether oxygens (including phenoxy) is 1. The van der Waals surface area contributed by atoms with Gasteiger partial charge in [0.15, 0.2) is 5.96 Å². The van der Waals surface area contributed by atoms with E-state index in [-0.39, 0.29) is 6.04 Å². The minimum absolute atomic E-state index is 0.169. The van der Waals surface area contributed by atoms with Crippen LogP contribution in [-0.4, -0.2) is 91.9 Å². The van der Waals surface area contributed by atoms with Gasteiger partial charge in [-0.15, -0.1) is 0 Å². The average molecular weight is 447 g/mol. The summed E-state index contributed by atoms with van der Waals surface area (Å²) in [5.41, 5.74) is 2.12. The molecule has 3 heterocycles. The summed E-state index contributed by atoms with van der Waals surface area (Å²) in [6, 6.07) is 10.2. The zero-order chi connectivity index (χ0) is 21.5. The van der Waals surface area contributed by atoms with Crippen LogP contribution in [0.25, 0.3) is 0 Å². The molecule has 2 aromatic rings. The highest BCUT2D eigenvalue weighted by Gasteiger charge is 2.26. The van der Waals surface area contributed by atoms with E-state index in [2.05, 4.69) is 42.3 Å². The lowest BCUT2D eigenvalue weighted by atomic mass is 10.0. The molecule has 2 aliphatic heterocycles. The van der Waals surface area contributed by atoms with Gasteiger partial charge in [0, 0.05) is 70.5 Å². The van der Waals surface area contributed by atoms with Crippen molar-refractivity contribution in [1.82, 2.24) is 25.2 Å². The quantitative estimate of drug-likeness (QED) is 0.538. The number of halogens is 1. The first-order valence-corrected chi connectivity index (χ1v) is 11.3. The predicted molar refractivity (Wildman–Crippen MR) is 121 cm³/mol. The molecule has 2 saturated heterocycles. The normalized spacial score (nSPS) is 20.1. The molecule has 2 fully saturated rings. The summed E-state index contributed by atoms with van der Waals surface area (Å²) in [5.74, 6) is 0.936. The maximum Gasteiger partial charge on any atom is 0.193 e. The Bertz CT molecular complexity index is 832. The van der Waals surface area contributed by atoms with Gasteiger partial charge in [-0.3, -0.25) is 14.8 Å². The van der Waals surface area contributed by atoms with E-state index in [4.69, 9.17) is 20.9 Å². The summed E-state index contributed by atoms with van der Waals surface area (Å²) in [7, 11) is 1.85. The van der Waals surface area contributed by atoms with Gasteiger partial charge in [0.2, 0.25) is 0 Å². The molecule has 1 aromatic carbocycles. The molecular formula is C22H31ClN6O2. The molecule has 168 valence electrons. The van der Waals surface area contributed by atoms with E-state index in [9.17, 15) is 0 Å². The lowest BCUT2D eigenvalue weighted by Crippen LogP contribution is -2.53. The summed E-state index contributed by atoms with van der Waals surface area (Å²) < 4.78 is 10.5. The summed E-state index contributed by atoms with van der Waals surface area (Å²) in [5, 5.41) is 8.43. The van der Waals surface area contributed by atoms with Crippen LogP contribution in [0.5, 0.6) is 0 Å². The molecule has 2 aliphatic rings. The standard InChI is InChI=1S/C22H31ClN6O2/c1-24-22(29-9-7-27(8-10-29)17-18-6-13-31-26-18)25-16-21(28-11-14-30-15-12-28)19-4-2-3-5-20(19)23/h2-6,13,21H,7-12,14-17H2,1H3,(H,24,25). The monoisotopic (exact) mass is 446 g/mol. The van der Waals surface area contributed by atoms with Crippen LogP contribution in [0.2, 0.25) is 5.02 Å². The van der Waals surface area contributed by atoms with Crippen molar-refractivity contribution in [2.24, 2.45) is 4.99 Å². The molecule has 1 atom stereocenters. The Morgan fingerprint density at radius 2 is 1.90 bits per heavy atom. The number of benzene rings is 1. The molecule has 8 nitrogen and oxygen atoms in total. The van der Waals surface area contributed by atoms with E-state index >= 15 is 0 Å². The number of rotatable bonds is 6. The molecule has 31 heavy (non-hydrogen) atoms. The number of piperazine rings is 1. The van der Waals surface area contributed by atoms with Crippen LogP contribution in [0.15, 0.2) is 46.1 Å². The molecule has 0 aliphatic carbocycles. The van der Waals surface area contributed by atoms with Gasteiger partial charge in [0.1, 0.15) is 6.26 Å². The Morgan fingerprint density at radius 1 is 1.13 bits per heavy atom. The fraction of sp³-hybridized carbons (Fsp3) is 0.545. The molecule has 0 amide bonds. The van der Waals surface area contributed by atoms with Crippen molar-refractivity contribution in [3.8, 4) is 0 Å². The Morgan fingerprint density at radius 3 is 2.58 bits per heavy atom. The van der Waals surface area contributed by atoms with Crippen LogP contribution in [-0.2, 0) is 11.3 Å². The highest BCUT2D eigenvalue weighted by molar-refractivity contribution is 6.31. The largest absolute Gasteiger partial charge is 0.379 e. The van der Waals surface area contributed by atoms with E-state index in [0.717, 1.165) is 87.8 Å². The van der Waals surface area contributed by atoms with E-state index in [1.165, 1.54) is 0 Å². The first-order valence-electron chi connectivity index (χ1n) is 10.9. The van der Waals surface area contributed by atoms with Crippen LogP contribution in [0.4, 0.5) is 0 Å². The van der Waals surface area contributed by atoms with E-state index < -0.39 is 0 Å². The molecule has 0 radical (unpaired) electrons. The minimum atomic E-state index is 0.169. The number of nitrogens with zero attached hydrogens (tertiary/aromatic N) is 5.